The summed E-state index contributed by atoms with van der Waals surface area (Å²) in [4.78, 5) is 24.0. The van der Waals surface area contributed by atoms with Crippen LogP contribution in [0.4, 0.5) is 8.78 Å². The van der Waals surface area contributed by atoms with Gasteiger partial charge < -0.3 is 20.1 Å². The van der Waals surface area contributed by atoms with Gasteiger partial charge in [-0.3, -0.25) is 9.59 Å². The number of alkyl halides is 2. The highest BCUT2D eigenvalue weighted by atomic mass is 32.1. The highest BCUT2D eigenvalue weighted by Crippen LogP contribution is 2.29. The summed E-state index contributed by atoms with van der Waals surface area (Å²) in [7, 11) is 1.33. The van der Waals surface area contributed by atoms with Crippen LogP contribution in [0, 0.1) is 0 Å². The first-order valence-electron chi connectivity index (χ1n) is 7.19. The maximum absolute atomic E-state index is 12.3. The van der Waals surface area contributed by atoms with E-state index in [9.17, 15) is 18.4 Å². The molecule has 0 saturated carbocycles. The standard InChI is InChI=1S/C16H16F2N2O4S/c1-23-12-7-10(4-5-11(12)24-16(17)18)8-19-14(21)9-20-15(22)13-3-2-6-25-13/h2-7,16H,8-9H2,1H3,(H,19,21)(H,20,22). The van der Waals surface area contributed by atoms with Gasteiger partial charge in [-0.25, -0.2) is 0 Å². The summed E-state index contributed by atoms with van der Waals surface area (Å²) in [6, 6.07) is 7.76. The Kier molecular flexibility index (Phi) is 6.70. The van der Waals surface area contributed by atoms with Crippen molar-refractivity contribution in [2.75, 3.05) is 13.7 Å². The lowest BCUT2D eigenvalue weighted by atomic mass is 10.2. The minimum absolute atomic E-state index is 0.0872. The minimum atomic E-state index is -2.95. The largest absolute Gasteiger partial charge is 0.493 e. The molecule has 0 bridgehead atoms. The number of ether oxygens (including phenoxy) is 2. The van der Waals surface area contributed by atoms with Gasteiger partial charge in [0.15, 0.2) is 11.5 Å². The quantitative estimate of drug-likeness (QED) is 0.748. The van der Waals surface area contributed by atoms with E-state index in [0.29, 0.717) is 10.4 Å². The van der Waals surface area contributed by atoms with Crippen molar-refractivity contribution in [3.63, 3.8) is 0 Å². The Morgan fingerprint density at radius 3 is 2.64 bits per heavy atom. The van der Waals surface area contributed by atoms with E-state index in [1.165, 1.54) is 36.6 Å². The number of hydrogen-bond donors (Lipinski definition) is 2. The fourth-order valence-corrected chi connectivity index (χ4v) is 2.57. The van der Waals surface area contributed by atoms with Gasteiger partial charge in [0.2, 0.25) is 5.91 Å². The van der Waals surface area contributed by atoms with Crippen molar-refractivity contribution in [2.45, 2.75) is 13.2 Å². The van der Waals surface area contributed by atoms with Crippen molar-refractivity contribution in [3.05, 3.63) is 46.2 Å². The number of halogens is 2. The third-order valence-corrected chi connectivity index (χ3v) is 3.96. The molecule has 2 N–H and O–H groups in total. The molecule has 1 heterocycles. The van der Waals surface area contributed by atoms with Crippen LogP contribution < -0.4 is 20.1 Å². The van der Waals surface area contributed by atoms with Crippen LogP contribution in [0.3, 0.4) is 0 Å². The first kappa shape index (κ1) is 18.7. The number of carbonyl (C=O) groups excluding carboxylic acids is 2. The van der Waals surface area contributed by atoms with E-state index in [4.69, 9.17) is 4.74 Å². The maximum Gasteiger partial charge on any atom is 0.387 e. The molecule has 0 aliphatic carbocycles. The summed E-state index contributed by atoms with van der Waals surface area (Å²) in [6.07, 6.45) is 0. The van der Waals surface area contributed by atoms with Gasteiger partial charge >= 0.3 is 6.61 Å². The lowest BCUT2D eigenvalue weighted by molar-refractivity contribution is -0.120. The van der Waals surface area contributed by atoms with Crippen molar-refractivity contribution in [1.82, 2.24) is 10.6 Å². The lowest BCUT2D eigenvalue weighted by Crippen LogP contribution is -2.36. The van der Waals surface area contributed by atoms with E-state index in [1.54, 1.807) is 17.5 Å². The molecule has 0 fully saturated rings. The Labute approximate surface area is 146 Å². The van der Waals surface area contributed by atoms with Crippen molar-refractivity contribution in [3.8, 4) is 11.5 Å². The highest BCUT2D eigenvalue weighted by molar-refractivity contribution is 7.12. The highest BCUT2D eigenvalue weighted by Gasteiger charge is 2.12. The van der Waals surface area contributed by atoms with Crippen molar-refractivity contribution >= 4 is 23.2 Å². The fourth-order valence-electron chi connectivity index (χ4n) is 1.93. The van der Waals surface area contributed by atoms with E-state index in [2.05, 4.69) is 15.4 Å². The summed E-state index contributed by atoms with van der Waals surface area (Å²) >= 11 is 1.28. The van der Waals surface area contributed by atoms with E-state index in [-0.39, 0.29) is 36.4 Å². The van der Waals surface area contributed by atoms with Crippen LogP contribution in [-0.2, 0) is 11.3 Å². The summed E-state index contributed by atoms with van der Waals surface area (Å²) in [6.45, 7) is -2.97. The molecular weight excluding hydrogens is 354 g/mol. The van der Waals surface area contributed by atoms with Gasteiger partial charge in [-0.15, -0.1) is 11.3 Å². The molecule has 0 saturated heterocycles. The zero-order valence-electron chi connectivity index (χ0n) is 13.3. The van der Waals surface area contributed by atoms with Crippen LogP contribution in [0.25, 0.3) is 0 Å². The molecule has 9 heteroatoms. The monoisotopic (exact) mass is 370 g/mol. The molecule has 0 unspecified atom stereocenters. The second-order valence-electron chi connectivity index (χ2n) is 4.80. The van der Waals surface area contributed by atoms with E-state index < -0.39 is 6.61 Å². The molecule has 1 aromatic heterocycles. The molecule has 0 aliphatic heterocycles. The molecule has 0 aliphatic rings. The van der Waals surface area contributed by atoms with Crippen LogP contribution in [0.15, 0.2) is 35.7 Å². The fraction of sp³-hybridized carbons (Fsp3) is 0.250. The second-order valence-corrected chi connectivity index (χ2v) is 5.75. The molecule has 25 heavy (non-hydrogen) atoms. The summed E-state index contributed by atoms with van der Waals surface area (Å²) in [5, 5.41) is 6.89. The number of methoxy groups -OCH3 is 1. The van der Waals surface area contributed by atoms with E-state index in [0.717, 1.165) is 0 Å². The third kappa shape index (κ3) is 5.71. The first-order chi connectivity index (χ1) is 12.0. The summed E-state index contributed by atoms with van der Waals surface area (Å²) in [5.41, 5.74) is 0.636. The minimum Gasteiger partial charge on any atom is -0.493 e. The Bertz CT molecular complexity index is 723. The van der Waals surface area contributed by atoms with Crippen molar-refractivity contribution < 1.29 is 27.8 Å². The van der Waals surface area contributed by atoms with E-state index >= 15 is 0 Å². The number of rotatable bonds is 8. The SMILES string of the molecule is COc1cc(CNC(=O)CNC(=O)c2cccs2)ccc1OC(F)F. The topological polar surface area (TPSA) is 76.7 Å². The predicted molar refractivity (Wildman–Crippen MR) is 88.1 cm³/mol. The Balaban J connectivity index is 1.83. The molecule has 2 amide bonds. The van der Waals surface area contributed by atoms with Crippen LogP contribution in [0.2, 0.25) is 0 Å². The summed E-state index contributed by atoms with van der Waals surface area (Å²) in [5.74, 6) is -0.647. The Morgan fingerprint density at radius 1 is 1.20 bits per heavy atom. The van der Waals surface area contributed by atoms with Crippen molar-refractivity contribution in [2.24, 2.45) is 0 Å². The maximum atomic E-state index is 12.3. The predicted octanol–water partition coefficient (Wildman–Crippen LogP) is 2.40. The molecule has 0 spiro atoms. The normalized spacial score (nSPS) is 10.4. The molecule has 1 aromatic carbocycles. The first-order valence-corrected chi connectivity index (χ1v) is 8.07. The van der Waals surface area contributed by atoms with Gasteiger partial charge in [0.25, 0.3) is 5.91 Å². The molecule has 2 aromatic rings. The average Bonchev–Trinajstić information content (AvgIpc) is 3.13. The van der Waals surface area contributed by atoms with Crippen molar-refractivity contribution in [1.29, 1.82) is 0 Å². The lowest BCUT2D eigenvalue weighted by Gasteiger charge is -2.12. The number of benzene rings is 1. The zero-order valence-corrected chi connectivity index (χ0v) is 14.1. The van der Waals surface area contributed by atoms with Crippen LogP contribution in [-0.4, -0.2) is 32.1 Å². The number of carbonyl (C=O) groups is 2. The molecule has 0 radical (unpaired) electrons. The molecular formula is C16H16F2N2O4S. The Hall–Kier alpha value is -2.68. The molecule has 0 atom stereocenters. The zero-order chi connectivity index (χ0) is 18.2. The Morgan fingerprint density at radius 2 is 2.00 bits per heavy atom. The summed E-state index contributed by atoms with van der Waals surface area (Å²) < 4.78 is 33.9. The van der Waals surface area contributed by atoms with Crippen LogP contribution in [0.5, 0.6) is 11.5 Å². The van der Waals surface area contributed by atoms with Gasteiger partial charge in [0.05, 0.1) is 18.5 Å². The van der Waals surface area contributed by atoms with Gasteiger partial charge in [-0.2, -0.15) is 8.78 Å². The smallest absolute Gasteiger partial charge is 0.387 e. The van der Waals surface area contributed by atoms with E-state index in [1.807, 2.05) is 0 Å². The average molecular weight is 370 g/mol. The molecule has 134 valence electrons. The number of thiophene rings is 1. The number of amides is 2. The number of hydrogen-bond acceptors (Lipinski definition) is 5. The molecule has 2 rings (SSSR count). The van der Waals surface area contributed by atoms with Gasteiger partial charge in [0, 0.05) is 6.54 Å². The molecule has 6 nitrogen and oxygen atoms in total. The second kappa shape index (κ2) is 8.97. The van der Waals surface area contributed by atoms with Gasteiger partial charge in [0.1, 0.15) is 0 Å². The van der Waals surface area contributed by atoms with Gasteiger partial charge in [-0.05, 0) is 29.1 Å². The van der Waals surface area contributed by atoms with Gasteiger partial charge in [-0.1, -0.05) is 12.1 Å². The van der Waals surface area contributed by atoms with Crippen LogP contribution in [0.1, 0.15) is 15.2 Å². The van der Waals surface area contributed by atoms with Crippen LogP contribution >= 0.6 is 11.3 Å². The third-order valence-electron chi connectivity index (χ3n) is 3.09. The number of nitrogens with one attached hydrogen (secondary N) is 2.